The van der Waals surface area contributed by atoms with Crippen molar-refractivity contribution in [3.8, 4) is 5.75 Å². The van der Waals surface area contributed by atoms with E-state index in [1.807, 2.05) is 68.6 Å². The number of fused-ring (bicyclic) bond motifs is 1. The summed E-state index contributed by atoms with van der Waals surface area (Å²) in [4.78, 5) is 15.7. The van der Waals surface area contributed by atoms with Gasteiger partial charge in [-0.05, 0) is 43.2 Å². The SMILES string of the molecule is COc1ccc(C(C)(C)NC(=O)Cc2c[nH]c3ccccc23)cc1. The van der Waals surface area contributed by atoms with Gasteiger partial charge in [0.15, 0.2) is 0 Å². The number of para-hydroxylation sites is 1. The molecule has 1 amide bonds. The molecule has 0 aliphatic carbocycles. The van der Waals surface area contributed by atoms with Crippen molar-refractivity contribution in [2.24, 2.45) is 0 Å². The fourth-order valence-corrected chi connectivity index (χ4v) is 2.92. The number of nitrogens with one attached hydrogen (secondary N) is 2. The average Bonchev–Trinajstić information content (AvgIpc) is 2.97. The molecule has 2 N–H and O–H groups in total. The Labute approximate surface area is 141 Å². The van der Waals surface area contributed by atoms with Gasteiger partial charge in [0.25, 0.3) is 0 Å². The summed E-state index contributed by atoms with van der Waals surface area (Å²) in [6.45, 7) is 4.00. The van der Waals surface area contributed by atoms with Gasteiger partial charge in [-0.2, -0.15) is 0 Å². The summed E-state index contributed by atoms with van der Waals surface area (Å²) in [5.74, 6) is 0.806. The minimum atomic E-state index is -0.449. The second-order valence-corrected chi connectivity index (χ2v) is 6.44. The lowest BCUT2D eigenvalue weighted by Crippen LogP contribution is -2.41. The molecular weight excluding hydrogens is 300 g/mol. The van der Waals surface area contributed by atoms with Crippen LogP contribution >= 0.6 is 0 Å². The summed E-state index contributed by atoms with van der Waals surface area (Å²) in [6, 6.07) is 15.8. The third-order valence-electron chi connectivity index (χ3n) is 4.29. The molecule has 0 aliphatic rings. The maximum Gasteiger partial charge on any atom is 0.225 e. The summed E-state index contributed by atoms with van der Waals surface area (Å²) in [6.07, 6.45) is 2.26. The largest absolute Gasteiger partial charge is 0.497 e. The molecule has 0 spiro atoms. The Morgan fingerprint density at radius 1 is 1.12 bits per heavy atom. The molecule has 124 valence electrons. The molecule has 0 aliphatic heterocycles. The zero-order chi connectivity index (χ0) is 17.2. The molecule has 0 unspecified atom stereocenters. The van der Waals surface area contributed by atoms with Crippen LogP contribution in [-0.2, 0) is 16.8 Å². The van der Waals surface area contributed by atoms with Crippen molar-refractivity contribution in [1.82, 2.24) is 10.3 Å². The van der Waals surface area contributed by atoms with E-state index in [9.17, 15) is 4.79 Å². The summed E-state index contributed by atoms with van der Waals surface area (Å²) < 4.78 is 5.18. The Morgan fingerprint density at radius 3 is 2.54 bits per heavy atom. The number of aromatic amines is 1. The van der Waals surface area contributed by atoms with Crippen molar-refractivity contribution in [2.75, 3.05) is 7.11 Å². The van der Waals surface area contributed by atoms with E-state index in [2.05, 4.69) is 10.3 Å². The van der Waals surface area contributed by atoms with E-state index >= 15 is 0 Å². The molecular formula is C20H22N2O2. The van der Waals surface area contributed by atoms with Crippen LogP contribution in [0.5, 0.6) is 5.75 Å². The summed E-state index contributed by atoms with van der Waals surface area (Å²) >= 11 is 0. The van der Waals surface area contributed by atoms with Crippen LogP contribution < -0.4 is 10.1 Å². The van der Waals surface area contributed by atoms with E-state index in [4.69, 9.17) is 4.74 Å². The number of methoxy groups -OCH3 is 1. The standard InChI is InChI=1S/C20H22N2O2/c1-20(2,15-8-10-16(24-3)11-9-15)22-19(23)12-14-13-21-18-7-5-4-6-17(14)18/h4-11,13,21H,12H2,1-3H3,(H,22,23). The number of carbonyl (C=O) groups is 1. The van der Waals surface area contributed by atoms with Crippen molar-refractivity contribution in [2.45, 2.75) is 25.8 Å². The van der Waals surface area contributed by atoms with E-state index in [1.165, 1.54) is 0 Å². The Kier molecular flexibility index (Phi) is 4.30. The van der Waals surface area contributed by atoms with Gasteiger partial charge in [-0.15, -0.1) is 0 Å². The number of carbonyl (C=O) groups excluding carboxylic acids is 1. The van der Waals surface area contributed by atoms with Crippen molar-refractivity contribution in [3.63, 3.8) is 0 Å². The Bertz CT molecular complexity index is 847. The van der Waals surface area contributed by atoms with Gasteiger partial charge < -0.3 is 15.0 Å². The quantitative estimate of drug-likeness (QED) is 0.751. The minimum Gasteiger partial charge on any atom is -0.497 e. The van der Waals surface area contributed by atoms with Crippen molar-refractivity contribution in [3.05, 3.63) is 65.9 Å². The zero-order valence-electron chi connectivity index (χ0n) is 14.2. The lowest BCUT2D eigenvalue weighted by Gasteiger charge is -2.27. The van der Waals surface area contributed by atoms with Crippen LogP contribution in [-0.4, -0.2) is 18.0 Å². The number of aromatic nitrogens is 1. The maximum absolute atomic E-state index is 12.5. The molecule has 3 rings (SSSR count). The summed E-state index contributed by atoms with van der Waals surface area (Å²) in [5.41, 5.74) is 2.65. The zero-order valence-corrected chi connectivity index (χ0v) is 14.2. The van der Waals surface area contributed by atoms with Crippen molar-refractivity contribution in [1.29, 1.82) is 0 Å². The number of H-pyrrole nitrogens is 1. The lowest BCUT2D eigenvalue weighted by atomic mass is 9.93. The molecule has 4 heteroatoms. The van der Waals surface area contributed by atoms with Gasteiger partial charge in [-0.1, -0.05) is 30.3 Å². The molecule has 0 bridgehead atoms. The molecule has 0 fully saturated rings. The predicted molar refractivity (Wildman–Crippen MR) is 96.2 cm³/mol. The third-order valence-corrected chi connectivity index (χ3v) is 4.29. The molecule has 0 saturated carbocycles. The summed E-state index contributed by atoms with van der Waals surface area (Å²) in [7, 11) is 1.64. The number of amides is 1. The smallest absolute Gasteiger partial charge is 0.225 e. The highest BCUT2D eigenvalue weighted by molar-refractivity contribution is 5.89. The maximum atomic E-state index is 12.5. The lowest BCUT2D eigenvalue weighted by molar-refractivity contribution is -0.122. The van der Waals surface area contributed by atoms with Gasteiger partial charge in [0.05, 0.1) is 19.1 Å². The first-order chi connectivity index (χ1) is 11.5. The molecule has 0 saturated heterocycles. The number of ether oxygens (including phenoxy) is 1. The van der Waals surface area contributed by atoms with E-state index in [0.717, 1.165) is 27.8 Å². The average molecular weight is 322 g/mol. The van der Waals surface area contributed by atoms with Crippen LogP contribution in [0.2, 0.25) is 0 Å². The number of benzene rings is 2. The number of hydrogen-bond acceptors (Lipinski definition) is 2. The second-order valence-electron chi connectivity index (χ2n) is 6.44. The van der Waals surface area contributed by atoms with Gasteiger partial charge in [0.1, 0.15) is 5.75 Å². The fraction of sp³-hybridized carbons (Fsp3) is 0.250. The van der Waals surface area contributed by atoms with Gasteiger partial charge in [0.2, 0.25) is 5.91 Å². The highest BCUT2D eigenvalue weighted by atomic mass is 16.5. The van der Waals surface area contributed by atoms with Gasteiger partial charge in [-0.25, -0.2) is 0 Å². The van der Waals surface area contributed by atoms with E-state index in [1.54, 1.807) is 7.11 Å². The van der Waals surface area contributed by atoms with Gasteiger partial charge >= 0.3 is 0 Å². The molecule has 1 heterocycles. The van der Waals surface area contributed by atoms with Crippen LogP contribution in [0, 0.1) is 0 Å². The van der Waals surface area contributed by atoms with Crippen molar-refractivity contribution >= 4 is 16.8 Å². The first-order valence-electron chi connectivity index (χ1n) is 8.00. The fourth-order valence-electron chi connectivity index (χ4n) is 2.92. The molecule has 0 atom stereocenters. The molecule has 1 aromatic heterocycles. The Hall–Kier alpha value is -2.75. The molecule has 24 heavy (non-hydrogen) atoms. The van der Waals surface area contributed by atoms with Crippen molar-refractivity contribution < 1.29 is 9.53 Å². The van der Waals surface area contributed by atoms with Crippen LogP contribution in [0.4, 0.5) is 0 Å². The molecule has 0 radical (unpaired) electrons. The highest BCUT2D eigenvalue weighted by Crippen LogP contribution is 2.23. The predicted octanol–water partition coefficient (Wildman–Crippen LogP) is 3.77. The van der Waals surface area contributed by atoms with Crippen LogP contribution in [0.25, 0.3) is 10.9 Å². The van der Waals surface area contributed by atoms with Crippen LogP contribution in [0.3, 0.4) is 0 Å². The first kappa shape index (κ1) is 16.1. The normalized spacial score (nSPS) is 11.5. The second kappa shape index (κ2) is 6.40. The number of hydrogen-bond donors (Lipinski definition) is 2. The Morgan fingerprint density at radius 2 is 1.83 bits per heavy atom. The summed E-state index contributed by atoms with van der Waals surface area (Å²) in [5, 5.41) is 4.21. The topological polar surface area (TPSA) is 54.1 Å². The first-order valence-corrected chi connectivity index (χ1v) is 8.00. The van der Waals surface area contributed by atoms with Crippen LogP contribution in [0.1, 0.15) is 25.0 Å². The molecule has 4 nitrogen and oxygen atoms in total. The minimum absolute atomic E-state index is 0.000529. The number of rotatable bonds is 5. The highest BCUT2D eigenvalue weighted by Gasteiger charge is 2.23. The Balaban J connectivity index is 1.73. The molecule has 3 aromatic rings. The van der Waals surface area contributed by atoms with E-state index < -0.39 is 5.54 Å². The third kappa shape index (κ3) is 3.27. The van der Waals surface area contributed by atoms with E-state index in [-0.39, 0.29) is 5.91 Å². The van der Waals surface area contributed by atoms with Crippen LogP contribution in [0.15, 0.2) is 54.7 Å². The monoisotopic (exact) mass is 322 g/mol. The molecule has 2 aromatic carbocycles. The van der Waals surface area contributed by atoms with Gasteiger partial charge in [0, 0.05) is 17.1 Å². The van der Waals surface area contributed by atoms with E-state index in [0.29, 0.717) is 6.42 Å². The van der Waals surface area contributed by atoms with Gasteiger partial charge in [-0.3, -0.25) is 4.79 Å².